The summed E-state index contributed by atoms with van der Waals surface area (Å²) < 4.78 is 0. The highest BCUT2D eigenvalue weighted by Crippen LogP contribution is 2.23. The zero-order valence-corrected chi connectivity index (χ0v) is 11.5. The summed E-state index contributed by atoms with van der Waals surface area (Å²) in [7, 11) is 0. The molecule has 2 rings (SSSR count). The van der Waals surface area contributed by atoms with E-state index < -0.39 is 0 Å². The Kier molecular flexibility index (Phi) is 4.54. The van der Waals surface area contributed by atoms with Crippen LogP contribution in [0.15, 0.2) is 0 Å². The molecule has 2 atom stereocenters. The van der Waals surface area contributed by atoms with Crippen LogP contribution in [0, 0.1) is 19.8 Å². The number of hydrogen-bond acceptors (Lipinski definition) is 4. The number of aliphatic hydroxyl groups excluding tert-OH is 1. The standard InChI is InChI=1S/C13H22N2OS/c1-9-10(2)17-13(15-9)8-14-7-11-4-3-5-12(16)6-11/h11-12,14,16H,3-8H2,1-2H3. The molecule has 0 amide bonds. The third kappa shape index (κ3) is 3.76. The van der Waals surface area contributed by atoms with Crippen molar-refractivity contribution in [2.24, 2.45) is 5.92 Å². The molecule has 3 nitrogen and oxygen atoms in total. The Morgan fingerprint density at radius 3 is 2.88 bits per heavy atom. The van der Waals surface area contributed by atoms with E-state index in [1.54, 1.807) is 11.3 Å². The molecule has 0 bridgehead atoms. The maximum Gasteiger partial charge on any atom is 0.107 e. The van der Waals surface area contributed by atoms with Crippen LogP contribution in [0.25, 0.3) is 0 Å². The number of nitrogens with one attached hydrogen (secondary N) is 1. The van der Waals surface area contributed by atoms with E-state index >= 15 is 0 Å². The molecule has 1 aliphatic carbocycles. The second kappa shape index (κ2) is 5.94. The number of aliphatic hydroxyl groups is 1. The molecule has 0 radical (unpaired) electrons. The summed E-state index contributed by atoms with van der Waals surface area (Å²) >= 11 is 1.78. The van der Waals surface area contributed by atoms with Gasteiger partial charge in [0.1, 0.15) is 5.01 Å². The van der Waals surface area contributed by atoms with E-state index in [-0.39, 0.29) is 6.10 Å². The van der Waals surface area contributed by atoms with Gasteiger partial charge in [-0.2, -0.15) is 0 Å². The van der Waals surface area contributed by atoms with Gasteiger partial charge in [-0.25, -0.2) is 4.98 Å². The minimum atomic E-state index is -0.0695. The average Bonchev–Trinajstić information content (AvgIpc) is 2.58. The predicted octanol–water partition coefficient (Wildman–Crippen LogP) is 2.40. The summed E-state index contributed by atoms with van der Waals surface area (Å²) in [5.74, 6) is 0.640. The molecule has 0 saturated heterocycles. The van der Waals surface area contributed by atoms with Gasteiger partial charge >= 0.3 is 0 Å². The summed E-state index contributed by atoms with van der Waals surface area (Å²) in [5, 5.41) is 14.2. The highest BCUT2D eigenvalue weighted by atomic mass is 32.1. The van der Waals surface area contributed by atoms with Gasteiger partial charge in [0, 0.05) is 11.4 Å². The smallest absolute Gasteiger partial charge is 0.107 e. The molecule has 0 aromatic carbocycles. The van der Waals surface area contributed by atoms with Crippen LogP contribution in [0.5, 0.6) is 0 Å². The second-order valence-electron chi connectivity index (χ2n) is 5.07. The molecule has 4 heteroatoms. The van der Waals surface area contributed by atoms with Gasteiger partial charge in [-0.15, -0.1) is 11.3 Å². The van der Waals surface area contributed by atoms with Gasteiger partial charge in [0.25, 0.3) is 0 Å². The van der Waals surface area contributed by atoms with Gasteiger partial charge in [-0.1, -0.05) is 6.42 Å². The third-order valence-corrected chi connectivity index (χ3v) is 4.61. The van der Waals surface area contributed by atoms with Crippen LogP contribution in [0.3, 0.4) is 0 Å². The van der Waals surface area contributed by atoms with E-state index in [9.17, 15) is 5.11 Å². The Labute approximate surface area is 107 Å². The fourth-order valence-corrected chi connectivity index (χ4v) is 3.35. The van der Waals surface area contributed by atoms with Crippen molar-refractivity contribution >= 4 is 11.3 Å². The highest BCUT2D eigenvalue weighted by molar-refractivity contribution is 7.11. The lowest BCUT2D eigenvalue weighted by atomic mass is 9.87. The van der Waals surface area contributed by atoms with E-state index in [1.165, 1.54) is 22.7 Å². The summed E-state index contributed by atoms with van der Waals surface area (Å²) in [6.45, 7) is 6.06. The van der Waals surface area contributed by atoms with Gasteiger partial charge < -0.3 is 10.4 Å². The van der Waals surface area contributed by atoms with Crippen LogP contribution in [-0.4, -0.2) is 22.7 Å². The molecule has 1 heterocycles. The molecule has 0 aliphatic heterocycles. The van der Waals surface area contributed by atoms with E-state index in [1.807, 2.05) is 0 Å². The molecule has 17 heavy (non-hydrogen) atoms. The third-order valence-electron chi connectivity index (χ3n) is 3.54. The van der Waals surface area contributed by atoms with Crippen LogP contribution in [-0.2, 0) is 6.54 Å². The predicted molar refractivity (Wildman–Crippen MR) is 71.3 cm³/mol. The van der Waals surface area contributed by atoms with Crippen molar-refractivity contribution in [3.05, 3.63) is 15.6 Å². The molecule has 1 aromatic rings. The summed E-state index contributed by atoms with van der Waals surface area (Å²) in [6.07, 6.45) is 4.30. The van der Waals surface area contributed by atoms with Crippen molar-refractivity contribution in [1.82, 2.24) is 10.3 Å². The summed E-state index contributed by atoms with van der Waals surface area (Å²) in [5.41, 5.74) is 1.15. The van der Waals surface area contributed by atoms with Crippen molar-refractivity contribution in [3.8, 4) is 0 Å². The van der Waals surface area contributed by atoms with Crippen molar-refractivity contribution in [1.29, 1.82) is 0 Å². The van der Waals surface area contributed by atoms with E-state index in [0.717, 1.165) is 31.6 Å². The van der Waals surface area contributed by atoms with Gasteiger partial charge in [0.05, 0.1) is 11.8 Å². The Morgan fingerprint density at radius 2 is 2.24 bits per heavy atom. The zero-order chi connectivity index (χ0) is 12.3. The first kappa shape index (κ1) is 13.0. The molecule has 2 unspecified atom stereocenters. The first-order valence-corrected chi connectivity index (χ1v) is 7.28. The van der Waals surface area contributed by atoms with Gasteiger partial charge in [0.15, 0.2) is 0 Å². The zero-order valence-electron chi connectivity index (χ0n) is 10.7. The highest BCUT2D eigenvalue weighted by Gasteiger charge is 2.19. The van der Waals surface area contributed by atoms with Crippen LogP contribution in [0.1, 0.15) is 41.3 Å². The van der Waals surface area contributed by atoms with Crippen LogP contribution in [0.2, 0.25) is 0 Å². The van der Waals surface area contributed by atoms with Crippen molar-refractivity contribution < 1.29 is 5.11 Å². The van der Waals surface area contributed by atoms with Crippen LogP contribution in [0.4, 0.5) is 0 Å². The quantitative estimate of drug-likeness (QED) is 0.867. The number of rotatable bonds is 4. The minimum Gasteiger partial charge on any atom is -0.393 e. The summed E-state index contributed by atoms with van der Waals surface area (Å²) in [4.78, 5) is 5.83. The van der Waals surface area contributed by atoms with Gasteiger partial charge in [-0.05, 0) is 45.6 Å². The number of hydrogen-bond donors (Lipinski definition) is 2. The van der Waals surface area contributed by atoms with Gasteiger partial charge in [0.2, 0.25) is 0 Å². The number of aromatic nitrogens is 1. The fraction of sp³-hybridized carbons (Fsp3) is 0.769. The second-order valence-corrected chi connectivity index (χ2v) is 6.35. The number of aryl methyl sites for hydroxylation is 2. The van der Waals surface area contributed by atoms with E-state index in [4.69, 9.17) is 0 Å². The topological polar surface area (TPSA) is 45.2 Å². The van der Waals surface area contributed by atoms with Crippen molar-refractivity contribution in [2.75, 3.05) is 6.54 Å². The Bertz CT molecular complexity index is 345. The first-order valence-electron chi connectivity index (χ1n) is 6.47. The molecule has 1 fully saturated rings. The molecule has 0 spiro atoms. The lowest BCUT2D eigenvalue weighted by molar-refractivity contribution is 0.101. The molecule has 96 valence electrons. The van der Waals surface area contributed by atoms with Crippen LogP contribution < -0.4 is 5.32 Å². The molecule has 1 aromatic heterocycles. The monoisotopic (exact) mass is 254 g/mol. The number of thiazole rings is 1. The summed E-state index contributed by atoms with van der Waals surface area (Å²) in [6, 6.07) is 0. The average molecular weight is 254 g/mol. The van der Waals surface area contributed by atoms with E-state index in [0.29, 0.717) is 5.92 Å². The molecular weight excluding hydrogens is 232 g/mol. The lowest BCUT2D eigenvalue weighted by Crippen LogP contribution is -2.28. The van der Waals surface area contributed by atoms with E-state index in [2.05, 4.69) is 24.1 Å². The Balaban J connectivity index is 1.72. The maximum atomic E-state index is 9.60. The SMILES string of the molecule is Cc1nc(CNCC2CCCC(O)C2)sc1C. The fourth-order valence-electron chi connectivity index (χ4n) is 2.45. The normalized spacial score (nSPS) is 25.1. The van der Waals surface area contributed by atoms with Crippen molar-refractivity contribution in [3.63, 3.8) is 0 Å². The largest absolute Gasteiger partial charge is 0.393 e. The first-order chi connectivity index (χ1) is 8.15. The Morgan fingerprint density at radius 1 is 1.41 bits per heavy atom. The lowest BCUT2D eigenvalue weighted by Gasteiger charge is -2.25. The molecule has 1 saturated carbocycles. The maximum absolute atomic E-state index is 9.60. The molecular formula is C13H22N2OS. The number of nitrogens with zero attached hydrogens (tertiary/aromatic N) is 1. The minimum absolute atomic E-state index is 0.0695. The van der Waals surface area contributed by atoms with Gasteiger partial charge in [-0.3, -0.25) is 0 Å². The van der Waals surface area contributed by atoms with Crippen molar-refractivity contribution in [2.45, 2.75) is 52.2 Å². The van der Waals surface area contributed by atoms with Crippen LogP contribution >= 0.6 is 11.3 Å². The molecule has 2 N–H and O–H groups in total. The molecule has 1 aliphatic rings. The Hall–Kier alpha value is -0.450.